The van der Waals surface area contributed by atoms with Crippen LogP contribution in [-0.2, 0) is 4.79 Å². The predicted octanol–water partition coefficient (Wildman–Crippen LogP) is 7.02. The molecule has 0 atom stereocenters. The van der Waals surface area contributed by atoms with Crippen LogP contribution >= 0.6 is 31.9 Å². The Morgan fingerprint density at radius 3 is 2.59 bits per heavy atom. The molecule has 0 spiro atoms. The van der Waals surface area contributed by atoms with E-state index in [1.165, 1.54) is 42.5 Å². The maximum absolute atomic E-state index is 13.6. The minimum Gasteiger partial charge on any atom is -0.493 e. The number of anilines is 1. The Hall–Kier alpha value is -3.57. The Kier molecular flexibility index (Phi) is 9.14. The fourth-order valence-corrected chi connectivity index (χ4v) is 5.60. The van der Waals surface area contributed by atoms with Gasteiger partial charge in [-0.1, -0.05) is 35.2 Å². The minimum absolute atomic E-state index is 0.149. The summed E-state index contributed by atoms with van der Waals surface area (Å²) < 4.78 is 27.1. The molecule has 11 heteroatoms. The number of hydrogen-bond donors (Lipinski definition) is 1. The van der Waals surface area contributed by atoms with E-state index < -0.39 is 11.7 Å². The maximum Gasteiger partial charge on any atom is 0.282 e. The van der Waals surface area contributed by atoms with Gasteiger partial charge in [-0.2, -0.15) is 9.78 Å². The lowest BCUT2D eigenvalue weighted by Gasteiger charge is -2.22. The van der Waals surface area contributed by atoms with Crippen LogP contribution in [0.25, 0.3) is 10.9 Å². The van der Waals surface area contributed by atoms with Gasteiger partial charge in [-0.3, -0.25) is 9.59 Å². The number of nitrogens with one attached hydrogen (secondary N) is 1. The zero-order chi connectivity index (χ0) is 28.9. The molecule has 41 heavy (non-hydrogen) atoms. The Balaban J connectivity index is 1.41. The van der Waals surface area contributed by atoms with E-state index in [2.05, 4.69) is 42.3 Å². The molecule has 1 fully saturated rings. The third kappa shape index (κ3) is 6.84. The Morgan fingerprint density at radius 2 is 1.85 bits per heavy atom. The summed E-state index contributed by atoms with van der Waals surface area (Å²) >= 11 is 6.99. The van der Waals surface area contributed by atoms with Crippen molar-refractivity contribution < 1.29 is 18.7 Å². The molecule has 1 heterocycles. The lowest BCUT2D eigenvalue weighted by molar-refractivity contribution is -0.118. The van der Waals surface area contributed by atoms with Crippen molar-refractivity contribution in [3.63, 3.8) is 0 Å². The third-order valence-electron chi connectivity index (χ3n) is 6.89. The van der Waals surface area contributed by atoms with E-state index >= 15 is 0 Å². The van der Waals surface area contributed by atoms with Crippen molar-refractivity contribution in [3.05, 3.63) is 91.1 Å². The van der Waals surface area contributed by atoms with Gasteiger partial charge in [0, 0.05) is 26.1 Å². The number of nitrogens with zero attached hydrogens (tertiary/aromatic N) is 3. The molecule has 8 nitrogen and oxygen atoms in total. The molecular weight excluding hydrogens is 659 g/mol. The van der Waals surface area contributed by atoms with Crippen LogP contribution in [0, 0.1) is 5.82 Å². The number of ether oxygens (including phenoxy) is 2. The van der Waals surface area contributed by atoms with Crippen LogP contribution in [-0.4, -0.2) is 35.5 Å². The highest BCUT2D eigenvalue weighted by Gasteiger charge is 2.23. The van der Waals surface area contributed by atoms with E-state index in [9.17, 15) is 14.0 Å². The minimum atomic E-state index is -0.412. The summed E-state index contributed by atoms with van der Waals surface area (Å²) in [6, 6.07) is 14.3. The number of halogens is 3. The van der Waals surface area contributed by atoms with E-state index in [1.54, 1.807) is 24.4 Å². The van der Waals surface area contributed by atoms with Crippen molar-refractivity contribution in [1.29, 1.82) is 0 Å². The first-order chi connectivity index (χ1) is 19.8. The molecule has 1 aliphatic rings. The second kappa shape index (κ2) is 12.9. The van der Waals surface area contributed by atoms with Crippen LogP contribution in [0.3, 0.4) is 0 Å². The van der Waals surface area contributed by atoms with E-state index in [4.69, 9.17) is 14.5 Å². The zero-order valence-electron chi connectivity index (χ0n) is 22.2. The van der Waals surface area contributed by atoms with Gasteiger partial charge in [-0.05, 0) is 83.4 Å². The van der Waals surface area contributed by atoms with Crippen LogP contribution in [0.2, 0.25) is 0 Å². The molecule has 1 saturated carbocycles. The smallest absolute Gasteiger partial charge is 0.282 e. The third-order valence-corrected chi connectivity index (χ3v) is 8.07. The first kappa shape index (κ1) is 28.9. The number of aromatic nitrogens is 2. The number of fused-ring (bicyclic) bond motifs is 1. The fraction of sp³-hybridized carbons (Fsp3) is 0.267. The van der Waals surface area contributed by atoms with E-state index in [0.717, 1.165) is 30.2 Å². The fourth-order valence-electron chi connectivity index (χ4n) is 4.82. The highest BCUT2D eigenvalue weighted by atomic mass is 79.9. The van der Waals surface area contributed by atoms with Gasteiger partial charge < -0.3 is 14.8 Å². The maximum atomic E-state index is 13.6. The average molecular weight is 686 g/mol. The number of methoxy groups -OCH3 is 1. The van der Waals surface area contributed by atoms with Crippen molar-refractivity contribution in [2.24, 2.45) is 5.10 Å². The van der Waals surface area contributed by atoms with Crippen LogP contribution in [0.15, 0.2) is 73.4 Å². The van der Waals surface area contributed by atoms with Crippen LogP contribution in [0.1, 0.15) is 49.4 Å². The van der Waals surface area contributed by atoms with Gasteiger partial charge in [0.2, 0.25) is 0 Å². The molecule has 0 aliphatic heterocycles. The highest BCUT2D eigenvalue weighted by Crippen LogP contribution is 2.34. The average Bonchev–Trinajstić information content (AvgIpc) is 2.98. The van der Waals surface area contributed by atoms with E-state index in [1.807, 2.05) is 12.1 Å². The summed E-state index contributed by atoms with van der Waals surface area (Å²) in [5.41, 5.74) is 1.51. The van der Waals surface area contributed by atoms with Gasteiger partial charge in [0.25, 0.3) is 11.5 Å². The number of carbonyl (C=O) groups excluding carboxylic acids is 1. The molecule has 1 amide bonds. The summed E-state index contributed by atoms with van der Waals surface area (Å²) in [7, 11) is 1.49. The Morgan fingerprint density at radius 1 is 1.10 bits per heavy atom. The number of carbonyl (C=O) groups is 1. The molecule has 1 aliphatic carbocycles. The summed E-state index contributed by atoms with van der Waals surface area (Å²) in [4.78, 5) is 30.8. The number of rotatable bonds is 8. The molecule has 212 valence electrons. The quantitative estimate of drug-likeness (QED) is 0.201. The van der Waals surface area contributed by atoms with Crippen molar-refractivity contribution in [2.75, 3.05) is 19.0 Å². The molecule has 5 rings (SSSR count). The molecule has 0 bridgehead atoms. The molecule has 0 unspecified atom stereocenters. The summed E-state index contributed by atoms with van der Waals surface area (Å²) in [5, 5.41) is 7.74. The monoisotopic (exact) mass is 684 g/mol. The lowest BCUT2D eigenvalue weighted by atomic mass is 9.88. The number of hydrogen-bond acceptors (Lipinski definition) is 6. The normalized spacial score (nSPS) is 14.0. The van der Waals surface area contributed by atoms with Gasteiger partial charge >= 0.3 is 0 Å². The van der Waals surface area contributed by atoms with Gasteiger partial charge in [0.15, 0.2) is 18.1 Å². The van der Waals surface area contributed by atoms with Crippen LogP contribution in [0.5, 0.6) is 11.5 Å². The Bertz CT molecular complexity index is 1670. The number of benzene rings is 3. The molecule has 3 aromatic carbocycles. The van der Waals surface area contributed by atoms with Gasteiger partial charge in [-0.15, -0.1) is 0 Å². The molecule has 0 saturated heterocycles. The predicted molar refractivity (Wildman–Crippen MR) is 164 cm³/mol. The van der Waals surface area contributed by atoms with Gasteiger partial charge in [-0.25, -0.2) is 9.37 Å². The van der Waals surface area contributed by atoms with Crippen molar-refractivity contribution in [2.45, 2.75) is 38.0 Å². The summed E-state index contributed by atoms with van der Waals surface area (Å²) in [5.74, 6) is 0.725. The topological polar surface area (TPSA) is 94.8 Å². The van der Waals surface area contributed by atoms with Gasteiger partial charge in [0.1, 0.15) is 11.6 Å². The Labute approximate surface area is 252 Å². The summed E-state index contributed by atoms with van der Waals surface area (Å²) in [6.45, 7) is -0.286. The molecule has 0 radical (unpaired) electrons. The van der Waals surface area contributed by atoms with E-state index in [0.29, 0.717) is 43.9 Å². The molecule has 1 aromatic heterocycles. The van der Waals surface area contributed by atoms with Crippen molar-refractivity contribution >= 4 is 60.6 Å². The summed E-state index contributed by atoms with van der Waals surface area (Å²) in [6.07, 6.45) is 6.87. The van der Waals surface area contributed by atoms with Gasteiger partial charge in [0.05, 0.1) is 24.2 Å². The number of amides is 1. The van der Waals surface area contributed by atoms with Crippen LogP contribution in [0.4, 0.5) is 10.1 Å². The highest BCUT2D eigenvalue weighted by molar-refractivity contribution is 9.10. The van der Waals surface area contributed by atoms with Crippen molar-refractivity contribution in [1.82, 2.24) is 9.66 Å². The molecular formula is C30H27Br2FN4O4. The molecule has 4 aromatic rings. The lowest BCUT2D eigenvalue weighted by Crippen LogP contribution is -2.25. The first-order valence-corrected chi connectivity index (χ1v) is 14.7. The second-order valence-corrected chi connectivity index (χ2v) is 11.5. The zero-order valence-corrected chi connectivity index (χ0v) is 25.4. The second-order valence-electron chi connectivity index (χ2n) is 9.70. The van der Waals surface area contributed by atoms with Crippen LogP contribution < -0.4 is 20.3 Å². The van der Waals surface area contributed by atoms with E-state index in [-0.39, 0.29) is 18.1 Å². The standard InChI is InChI=1S/C30H27Br2FN4O4/c1-40-26-13-19(24(32)15-27(26)41-17-28(38)35-22-10-8-21(33)9-11-22)16-34-37-29(18-5-3-2-4-6-18)36-25-12-7-20(31)14-23(25)30(37)39/h7-16,18H,2-6,17H2,1H3,(H,35,38). The first-order valence-electron chi connectivity index (χ1n) is 13.1. The SMILES string of the molecule is COc1cc(C=Nn2c(C3CCCCC3)nc3ccc(Br)cc3c2=O)c(Br)cc1OCC(=O)Nc1ccc(F)cc1. The van der Waals surface area contributed by atoms with Crippen molar-refractivity contribution in [3.8, 4) is 11.5 Å². The molecule has 1 N–H and O–H groups in total. The largest absolute Gasteiger partial charge is 0.493 e.